The molecule has 1 N–H and O–H groups in total. The summed E-state index contributed by atoms with van der Waals surface area (Å²) in [5, 5.41) is 11.0. The van der Waals surface area contributed by atoms with Crippen molar-refractivity contribution < 1.29 is 28.2 Å². The number of hydrogen-bond acceptors (Lipinski definition) is 5. The number of halogens is 2. The van der Waals surface area contributed by atoms with Crippen molar-refractivity contribution in [3.05, 3.63) is 87.6 Å². The van der Waals surface area contributed by atoms with E-state index in [1.165, 1.54) is 12.1 Å². The molecule has 0 spiro atoms. The molecule has 1 saturated heterocycles. The topological polar surface area (TPSA) is 80.0 Å². The van der Waals surface area contributed by atoms with Gasteiger partial charge in [-0.15, -0.1) is 0 Å². The van der Waals surface area contributed by atoms with E-state index in [1.54, 1.807) is 37.3 Å². The predicted octanol–water partition coefficient (Wildman–Crippen LogP) is 5.33. The molecule has 1 amide bonds. The van der Waals surface area contributed by atoms with Crippen LogP contribution in [-0.4, -0.2) is 22.9 Å². The first-order valence-corrected chi connectivity index (χ1v) is 10.7. The van der Waals surface area contributed by atoms with E-state index in [0.29, 0.717) is 17.7 Å². The molecule has 2 atom stereocenters. The standard InChI is InChI=1S/C25H19ClFNO5/c1-12-3-7-20(32-12)22-21(23(29)14-4-8-19-15(10-14)9-13(2)33-19)24(30)25(31)28(22)16-5-6-18(27)17(26)11-16/h3-8,10-11,13,22,29H,9H2,1-2H3/b23-21-. The molecular formula is C25H19ClFNO5. The summed E-state index contributed by atoms with van der Waals surface area (Å²) in [6.45, 7) is 3.67. The Bertz CT molecular complexity index is 1340. The molecule has 2 aromatic carbocycles. The third kappa shape index (κ3) is 3.49. The molecule has 2 aliphatic rings. The lowest BCUT2D eigenvalue weighted by atomic mass is 9.97. The zero-order chi connectivity index (χ0) is 23.4. The van der Waals surface area contributed by atoms with Crippen molar-refractivity contribution in [1.82, 2.24) is 0 Å². The number of carbonyl (C=O) groups excluding carboxylic acids is 2. The fourth-order valence-corrected chi connectivity index (χ4v) is 4.50. The normalized spacial score (nSPS) is 21.4. The van der Waals surface area contributed by atoms with Gasteiger partial charge in [-0.1, -0.05) is 11.6 Å². The molecule has 0 aliphatic carbocycles. The van der Waals surface area contributed by atoms with Crippen LogP contribution in [0.15, 0.2) is 58.5 Å². The first-order chi connectivity index (χ1) is 15.7. The molecule has 8 heteroatoms. The Morgan fingerprint density at radius 3 is 2.64 bits per heavy atom. The fraction of sp³-hybridized carbons (Fsp3) is 0.200. The van der Waals surface area contributed by atoms with Gasteiger partial charge in [-0.2, -0.15) is 0 Å². The number of ether oxygens (including phenoxy) is 1. The lowest BCUT2D eigenvalue weighted by molar-refractivity contribution is -0.132. The van der Waals surface area contributed by atoms with Gasteiger partial charge < -0.3 is 14.3 Å². The molecule has 5 rings (SSSR count). The van der Waals surface area contributed by atoms with Crippen molar-refractivity contribution in [3.63, 3.8) is 0 Å². The van der Waals surface area contributed by atoms with Crippen molar-refractivity contribution in [2.75, 3.05) is 4.90 Å². The van der Waals surface area contributed by atoms with Crippen molar-refractivity contribution in [2.24, 2.45) is 0 Å². The van der Waals surface area contributed by atoms with Crippen LogP contribution in [0.5, 0.6) is 5.75 Å². The highest BCUT2D eigenvalue weighted by Gasteiger charge is 2.48. The summed E-state index contributed by atoms with van der Waals surface area (Å²) in [7, 11) is 0. The smallest absolute Gasteiger partial charge is 0.300 e. The molecule has 3 heterocycles. The van der Waals surface area contributed by atoms with E-state index in [9.17, 15) is 19.1 Å². The Morgan fingerprint density at radius 1 is 1.15 bits per heavy atom. The molecule has 2 unspecified atom stereocenters. The zero-order valence-corrected chi connectivity index (χ0v) is 18.5. The highest BCUT2D eigenvalue weighted by Crippen LogP contribution is 2.44. The van der Waals surface area contributed by atoms with E-state index < -0.39 is 23.5 Å². The number of Topliss-reactive ketones (excluding diaryl/α,β-unsaturated/α-hetero) is 1. The molecule has 1 aromatic heterocycles. The monoisotopic (exact) mass is 467 g/mol. The summed E-state index contributed by atoms with van der Waals surface area (Å²) in [5.74, 6) is -1.17. The van der Waals surface area contributed by atoms with Crippen LogP contribution in [-0.2, 0) is 16.0 Å². The number of aliphatic hydroxyl groups excluding tert-OH is 1. The summed E-state index contributed by atoms with van der Waals surface area (Å²) in [4.78, 5) is 27.4. The maximum Gasteiger partial charge on any atom is 0.300 e. The molecule has 168 valence electrons. The van der Waals surface area contributed by atoms with Gasteiger partial charge in [0.25, 0.3) is 11.7 Å². The number of hydrogen-bond donors (Lipinski definition) is 1. The molecule has 2 aliphatic heterocycles. The first kappa shape index (κ1) is 21.3. The van der Waals surface area contributed by atoms with E-state index >= 15 is 0 Å². The van der Waals surface area contributed by atoms with Gasteiger partial charge in [-0.05, 0) is 67.9 Å². The maximum absolute atomic E-state index is 13.8. The number of benzene rings is 2. The number of carbonyl (C=O) groups is 2. The summed E-state index contributed by atoms with van der Waals surface area (Å²) in [5.41, 5.74) is 1.37. The average Bonchev–Trinajstić information content (AvgIpc) is 3.44. The largest absolute Gasteiger partial charge is 0.507 e. The van der Waals surface area contributed by atoms with Crippen molar-refractivity contribution >= 4 is 34.7 Å². The maximum atomic E-state index is 13.8. The number of ketones is 1. The highest BCUT2D eigenvalue weighted by atomic mass is 35.5. The van der Waals surface area contributed by atoms with Crippen LogP contribution >= 0.6 is 11.6 Å². The van der Waals surface area contributed by atoms with Crippen LogP contribution in [0.1, 0.15) is 35.6 Å². The number of aliphatic hydroxyl groups is 1. The fourth-order valence-electron chi connectivity index (χ4n) is 4.33. The number of aryl methyl sites for hydroxylation is 1. The van der Waals surface area contributed by atoms with E-state index in [1.807, 2.05) is 6.92 Å². The molecule has 3 aromatic rings. The molecule has 1 fully saturated rings. The number of rotatable bonds is 3. The molecule has 6 nitrogen and oxygen atoms in total. The average molecular weight is 468 g/mol. The van der Waals surface area contributed by atoms with Gasteiger partial charge in [0.1, 0.15) is 41.0 Å². The molecule has 0 radical (unpaired) electrons. The van der Waals surface area contributed by atoms with E-state index in [2.05, 4.69) is 0 Å². The predicted molar refractivity (Wildman–Crippen MR) is 120 cm³/mol. The number of amides is 1. The highest BCUT2D eigenvalue weighted by molar-refractivity contribution is 6.51. The minimum absolute atomic E-state index is 0.0114. The van der Waals surface area contributed by atoms with Gasteiger partial charge in [0.05, 0.1) is 10.6 Å². The van der Waals surface area contributed by atoms with Gasteiger partial charge in [0.2, 0.25) is 0 Å². The molecule has 0 bridgehead atoms. The van der Waals surface area contributed by atoms with Crippen LogP contribution < -0.4 is 9.64 Å². The van der Waals surface area contributed by atoms with Gasteiger partial charge >= 0.3 is 0 Å². The summed E-state index contributed by atoms with van der Waals surface area (Å²) >= 11 is 5.94. The number of nitrogens with zero attached hydrogens (tertiary/aromatic N) is 1. The van der Waals surface area contributed by atoms with Crippen LogP contribution in [0.2, 0.25) is 5.02 Å². The Balaban J connectivity index is 1.68. The van der Waals surface area contributed by atoms with Crippen LogP contribution in [0.3, 0.4) is 0 Å². The second kappa shape index (κ2) is 7.78. The molecular weight excluding hydrogens is 449 g/mol. The Hall–Kier alpha value is -3.58. The summed E-state index contributed by atoms with van der Waals surface area (Å²) in [6, 6.07) is 11.1. The minimum atomic E-state index is -1.05. The lowest BCUT2D eigenvalue weighted by Gasteiger charge is -2.23. The Kier molecular flexibility index (Phi) is 5.01. The van der Waals surface area contributed by atoms with Crippen molar-refractivity contribution in [1.29, 1.82) is 0 Å². The van der Waals surface area contributed by atoms with Crippen molar-refractivity contribution in [3.8, 4) is 5.75 Å². The second-order valence-electron chi connectivity index (χ2n) is 8.17. The Morgan fingerprint density at radius 2 is 1.94 bits per heavy atom. The van der Waals surface area contributed by atoms with Crippen LogP contribution in [0.4, 0.5) is 10.1 Å². The zero-order valence-electron chi connectivity index (χ0n) is 17.8. The molecule has 0 saturated carbocycles. The van der Waals surface area contributed by atoms with Gasteiger partial charge in [0.15, 0.2) is 0 Å². The minimum Gasteiger partial charge on any atom is -0.507 e. The van der Waals surface area contributed by atoms with Crippen LogP contribution in [0, 0.1) is 12.7 Å². The van der Waals surface area contributed by atoms with E-state index in [0.717, 1.165) is 22.3 Å². The number of fused-ring (bicyclic) bond motifs is 1. The second-order valence-corrected chi connectivity index (χ2v) is 8.58. The summed E-state index contributed by atoms with van der Waals surface area (Å²) in [6.07, 6.45) is 0.678. The molecule has 33 heavy (non-hydrogen) atoms. The van der Waals surface area contributed by atoms with Gasteiger partial charge in [-0.25, -0.2) is 4.39 Å². The van der Waals surface area contributed by atoms with Gasteiger partial charge in [-0.3, -0.25) is 14.5 Å². The number of furan rings is 1. The summed E-state index contributed by atoms with van der Waals surface area (Å²) < 4.78 is 25.2. The quantitative estimate of drug-likeness (QED) is 0.320. The van der Waals surface area contributed by atoms with Crippen LogP contribution in [0.25, 0.3) is 5.76 Å². The Labute approximate surface area is 193 Å². The van der Waals surface area contributed by atoms with Crippen molar-refractivity contribution in [2.45, 2.75) is 32.4 Å². The lowest BCUT2D eigenvalue weighted by Crippen LogP contribution is -2.29. The van der Waals surface area contributed by atoms with E-state index in [-0.39, 0.29) is 33.9 Å². The number of anilines is 1. The van der Waals surface area contributed by atoms with Gasteiger partial charge in [0, 0.05) is 17.7 Å². The SMILES string of the molecule is Cc1ccc(C2/C(=C(/O)c3ccc4c(c3)CC(C)O4)C(=O)C(=O)N2c2ccc(F)c(Cl)c2)o1. The third-order valence-corrected chi connectivity index (χ3v) is 6.12. The third-order valence-electron chi connectivity index (χ3n) is 5.83. The first-order valence-electron chi connectivity index (χ1n) is 10.4. The van der Waals surface area contributed by atoms with E-state index in [4.69, 9.17) is 20.8 Å².